The van der Waals surface area contributed by atoms with Gasteiger partial charge in [0.25, 0.3) is 0 Å². The molecule has 0 heterocycles. The second-order valence-electron chi connectivity index (χ2n) is 5.68. The highest BCUT2D eigenvalue weighted by molar-refractivity contribution is 7.89. The molecule has 0 aliphatic rings. The molecular formula is C19H24N2O4S. The van der Waals surface area contributed by atoms with Crippen molar-refractivity contribution in [2.24, 2.45) is 5.73 Å². The van der Waals surface area contributed by atoms with Crippen LogP contribution in [0.1, 0.15) is 22.8 Å². The summed E-state index contributed by atoms with van der Waals surface area (Å²) in [6, 6.07) is 15.6. The number of sulfonamides is 1. The van der Waals surface area contributed by atoms with Gasteiger partial charge in [-0.15, -0.1) is 0 Å². The summed E-state index contributed by atoms with van der Waals surface area (Å²) in [4.78, 5) is 11.9. The van der Waals surface area contributed by atoms with Crippen molar-refractivity contribution in [2.45, 2.75) is 18.2 Å². The molecular weight excluding hydrogens is 352 g/mol. The van der Waals surface area contributed by atoms with Crippen molar-refractivity contribution in [1.82, 2.24) is 4.31 Å². The highest BCUT2D eigenvalue weighted by Crippen LogP contribution is 2.18. The molecule has 0 atom stereocenters. The van der Waals surface area contributed by atoms with Gasteiger partial charge in [0, 0.05) is 19.6 Å². The zero-order valence-corrected chi connectivity index (χ0v) is 15.6. The molecule has 2 aromatic carbocycles. The summed E-state index contributed by atoms with van der Waals surface area (Å²) < 4.78 is 32.3. The van der Waals surface area contributed by atoms with Gasteiger partial charge in [0.05, 0.1) is 17.1 Å². The van der Waals surface area contributed by atoms with Gasteiger partial charge in [-0.2, -0.15) is 4.31 Å². The maximum atomic E-state index is 13.0. The second kappa shape index (κ2) is 9.47. The minimum Gasteiger partial charge on any atom is -0.462 e. The minimum absolute atomic E-state index is 0.0598. The number of nitrogens with zero attached hydrogens (tertiary/aromatic N) is 1. The number of benzene rings is 2. The smallest absolute Gasteiger partial charge is 0.338 e. The number of ether oxygens (including phenoxy) is 1. The van der Waals surface area contributed by atoms with Gasteiger partial charge in [0.15, 0.2) is 0 Å². The number of carbonyl (C=O) groups excluding carboxylic acids is 1. The fraction of sp³-hybridized carbons (Fsp3) is 0.316. The molecule has 0 fully saturated rings. The molecule has 2 aromatic rings. The topological polar surface area (TPSA) is 89.7 Å². The maximum absolute atomic E-state index is 13.0. The molecule has 2 N–H and O–H groups in total. The lowest BCUT2D eigenvalue weighted by Gasteiger charge is -2.22. The normalized spacial score (nSPS) is 11.5. The summed E-state index contributed by atoms with van der Waals surface area (Å²) in [5.41, 5.74) is 6.87. The lowest BCUT2D eigenvalue weighted by atomic mass is 10.1. The van der Waals surface area contributed by atoms with Crippen molar-refractivity contribution in [2.75, 3.05) is 26.2 Å². The van der Waals surface area contributed by atoms with E-state index >= 15 is 0 Å². The lowest BCUT2D eigenvalue weighted by Crippen LogP contribution is -2.37. The largest absolute Gasteiger partial charge is 0.462 e. The van der Waals surface area contributed by atoms with E-state index in [1.165, 1.54) is 28.6 Å². The van der Waals surface area contributed by atoms with E-state index < -0.39 is 16.0 Å². The summed E-state index contributed by atoms with van der Waals surface area (Å²) >= 11 is 0. The van der Waals surface area contributed by atoms with E-state index in [9.17, 15) is 13.2 Å². The van der Waals surface area contributed by atoms with Gasteiger partial charge in [-0.05, 0) is 37.1 Å². The van der Waals surface area contributed by atoms with E-state index in [4.69, 9.17) is 10.5 Å². The molecule has 0 amide bonds. The van der Waals surface area contributed by atoms with Crippen molar-refractivity contribution >= 4 is 16.0 Å². The first kappa shape index (κ1) is 20.1. The molecule has 6 nitrogen and oxygen atoms in total. The van der Waals surface area contributed by atoms with Gasteiger partial charge in [-0.25, -0.2) is 13.2 Å². The van der Waals surface area contributed by atoms with Crippen molar-refractivity contribution in [3.05, 3.63) is 65.7 Å². The van der Waals surface area contributed by atoms with Crippen LogP contribution in [0.4, 0.5) is 0 Å². The molecule has 140 valence electrons. The van der Waals surface area contributed by atoms with Crippen molar-refractivity contribution in [3.8, 4) is 0 Å². The highest BCUT2D eigenvalue weighted by atomic mass is 32.2. The van der Waals surface area contributed by atoms with Crippen LogP contribution in [0.25, 0.3) is 0 Å². The third kappa shape index (κ3) is 5.14. The van der Waals surface area contributed by atoms with Crippen LogP contribution in [-0.4, -0.2) is 44.9 Å². The van der Waals surface area contributed by atoms with Crippen LogP contribution in [0.15, 0.2) is 59.5 Å². The number of hydrogen-bond acceptors (Lipinski definition) is 5. The Morgan fingerprint density at radius 1 is 1.08 bits per heavy atom. The molecule has 0 spiro atoms. The number of carbonyl (C=O) groups is 1. The van der Waals surface area contributed by atoms with Gasteiger partial charge < -0.3 is 10.5 Å². The molecule has 0 saturated heterocycles. The summed E-state index contributed by atoms with van der Waals surface area (Å²) in [5.74, 6) is -0.542. The third-order valence-corrected chi connectivity index (χ3v) is 5.75. The summed E-state index contributed by atoms with van der Waals surface area (Å²) in [5, 5.41) is 0. The van der Waals surface area contributed by atoms with Crippen molar-refractivity contribution in [3.63, 3.8) is 0 Å². The molecule has 26 heavy (non-hydrogen) atoms. The van der Waals surface area contributed by atoms with Crippen LogP contribution in [0.2, 0.25) is 0 Å². The average molecular weight is 376 g/mol. The quantitative estimate of drug-likeness (QED) is 0.677. The zero-order chi connectivity index (χ0) is 19.0. The summed E-state index contributed by atoms with van der Waals surface area (Å²) in [6.45, 7) is 2.66. The van der Waals surface area contributed by atoms with Gasteiger partial charge >= 0.3 is 5.97 Å². The highest BCUT2D eigenvalue weighted by Gasteiger charge is 2.24. The molecule has 0 unspecified atom stereocenters. The van der Waals surface area contributed by atoms with Crippen molar-refractivity contribution < 1.29 is 17.9 Å². The lowest BCUT2D eigenvalue weighted by molar-refractivity contribution is 0.0526. The predicted molar refractivity (Wildman–Crippen MR) is 100 cm³/mol. The SMILES string of the molecule is CCOC(=O)c1cccc(S(=O)(=O)N(CCN)CCc2ccccc2)c1. The first-order chi connectivity index (χ1) is 12.5. The molecule has 7 heteroatoms. The Hall–Kier alpha value is -2.22. The Labute approximate surface area is 154 Å². The molecule has 0 radical (unpaired) electrons. The average Bonchev–Trinajstić information content (AvgIpc) is 2.66. The Morgan fingerprint density at radius 3 is 2.46 bits per heavy atom. The third-order valence-electron chi connectivity index (χ3n) is 3.85. The fourth-order valence-corrected chi connectivity index (χ4v) is 4.04. The van der Waals surface area contributed by atoms with Crippen LogP contribution in [0.3, 0.4) is 0 Å². The first-order valence-corrected chi connectivity index (χ1v) is 9.94. The Bertz CT molecular complexity index is 822. The van der Waals surface area contributed by atoms with E-state index in [-0.39, 0.29) is 30.2 Å². The first-order valence-electron chi connectivity index (χ1n) is 8.50. The minimum atomic E-state index is -3.76. The molecule has 0 bridgehead atoms. The van der Waals surface area contributed by atoms with E-state index in [0.29, 0.717) is 13.0 Å². The van der Waals surface area contributed by atoms with E-state index in [2.05, 4.69) is 0 Å². The van der Waals surface area contributed by atoms with E-state index in [1.54, 1.807) is 6.92 Å². The number of nitrogens with two attached hydrogens (primary N) is 1. The maximum Gasteiger partial charge on any atom is 0.338 e. The molecule has 0 aromatic heterocycles. The van der Waals surface area contributed by atoms with Crippen LogP contribution < -0.4 is 5.73 Å². The zero-order valence-electron chi connectivity index (χ0n) is 14.8. The van der Waals surface area contributed by atoms with Gasteiger partial charge in [0.1, 0.15) is 0 Å². The Balaban J connectivity index is 2.23. The van der Waals surface area contributed by atoms with Crippen LogP contribution >= 0.6 is 0 Å². The Morgan fingerprint density at radius 2 is 1.81 bits per heavy atom. The van der Waals surface area contributed by atoms with Crippen molar-refractivity contribution in [1.29, 1.82) is 0 Å². The summed E-state index contributed by atoms with van der Waals surface area (Å²) in [6.07, 6.45) is 0.581. The van der Waals surface area contributed by atoms with Gasteiger partial charge in [-0.1, -0.05) is 36.4 Å². The number of hydrogen-bond donors (Lipinski definition) is 1. The van der Waals surface area contributed by atoms with Gasteiger partial charge in [-0.3, -0.25) is 0 Å². The summed E-state index contributed by atoms with van der Waals surface area (Å²) in [7, 11) is -3.76. The van der Waals surface area contributed by atoms with E-state index in [1.807, 2.05) is 30.3 Å². The molecule has 0 aliphatic heterocycles. The molecule has 0 saturated carbocycles. The fourth-order valence-electron chi connectivity index (χ4n) is 2.54. The van der Waals surface area contributed by atoms with Crippen LogP contribution in [0, 0.1) is 0 Å². The monoisotopic (exact) mass is 376 g/mol. The number of rotatable bonds is 9. The van der Waals surface area contributed by atoms with E-state index in [0.717, 1.165) is 5.56 Å². The second-order valence-corrected chi connectivity index (χ2v) is 7.61. The predicted octanol–water partition coefficient (Wildman–Crippen LogP) is 2.06. The van der Waals surface area contributed by atoms with Crippen LogP contribution in [0.5, 0.6) is 0 Å². The molecule has 2 rings (SSSR count). The van der Waals surface area contributed by atoms with Gasteiger partial charge in [0.2, 0.25) is 10.0 Å². The Kier molecular flexibility index (Phi) is 7.32. The standard InChI is InChI=1S/C19H24N2O4S/c1-2-25-19(22)17-9-6-10-18(15-17)26(23,24)21(14-12-20)13-11-16-7-4-3-5-8-16/h3-10,15H,2,11-14,20H2,1H3. The van der Waals surface area contributed by atoms with Crippen LogP contribution in [-0.2, 0) is 21.2 Å². The number of esters is 1. The molecule has 0 aliphatic carbocycles.